The zero-order valence-electron chi connectivity index (χ0n) is 28.7. The van der Waals surface area contributed by atoms with Crippen LogP contribution in [0.1, 0.15) is 87.1 Å². The zero-order chi connectivity index (χ0) is 34.8. The van der Waals surface area contributed by atoms with Crippen molar-refractivity contribution in [2.24, 2.45) is 17.8 Å². The molecule has 0 aliphatic carbocycles. The summed E-state index contributed by atoms with van der Waals surface area (Å²) in [4.78, 5) is 80.4. The number of benzene rings is 1. The Morgan fingerprint density at radius 1 is 0.870 bits per heavy atom. The molecule has 0 radical (unpaired) electrons. The van der Waals surface area contributed by atoms with E-state index in [1.165, 1.54) is 4.90 Å². The van der Waals surface area contributed by atoms with Gasteiger partial charge in [-0.25, -0.2) is 9.59 Å². The lowest BCUT2D eigenvalue weighted by atomic mass is 9.99. The number of hydrogen-bond donors (Lipinski definition) is 3. The summed E-state index contributed by atoms with van der Waals surface area (Å²) < 4.78 is 10.8. The Bertz CT molecular complexity index is 1230. The minimum absolute atomic E-state index is 0.0380. The molecule has 4 atom stereocenters. The average molecular weight is 645 g/mol. The summed E-state index contributed by atoms with van der Waals surface area (Å²) in [5.74, 6) is -4.25. The van der Waals surface area contributed by atoms with Crippen LogP contribution in [-0.2, 0) is 40.1 Å². The summed E-state index contributed by atoms with van der Waals surface area (Å²) in [6.07, 6.45) is 0.200. The summed E-state index contributed by atoms with van der Waals surface area (Å²) in [6.45, 7) is 16.2. The maximum atomic E-state index is 13.6. The molecule has 1 aromatic carbocycles. The number of carbonyl (C=O) groups excluding carboxylic acids is 6. The molecule has 46 heavy (non-hydrogen) atoms. The number of alkyl carbamates (subject to hydrolysis) is 1. The van der Waals surface area contributed by atoms with Gasteiger partial charge in [-0.05, 0) is 63.4 Å². The molecule has 1 aliphatic rings. The highest BCUT2D eigenvalue weighted by Gasteiger charge is 2.42. The van der Waals surface area contributed by atoms with Gasteiger partial charge in [-0.2, -0.15) is 0 Å². The van der Waals surface area contributed by atoms with Gasteiger partial charge in [0.25, 0.3) is 5.91 Å². The Kier molecular flexibility index (Phi) is 14.2. The van der Waals surface area contributed by atoms with Crippen molar-refractivity contribution in [2.45, 2.75) is 118 Å². The smallest absolute Gasteiger partial charge is 0.408 e. The van der Waals surface area contributed by atoms with E-state index in [0.29, 0.717) is 6.42 Å². The van der Waals surface area contributed by atoms with Crippen LogP contribution in [0.4, 0.5) is 4.79 Å². The number of hydrogen-bond acceptors (Lipinski definition) is 8. The fraction of sp³-hybridized carbons (Fsp3) is 0.647. The lowest BCUT2D eigenvalue weighted by Gasteiger charge is -2.31. The lowest BCUT2D eigenvalue weighted by Crippen LogP contribution is -2.58. The maximum Gasteiger partial charge on any atom is 0.408 e. The zero-order valence-corrected chi connectivity index (χ0v) is 28.7. The van der Waals surface area contributed by atoms with Crippen molar-refractivity contribution in [1.82, 2.24) is 20.9 Å². The molecule has 3 N–H and O–H groups in total. The molecular formula is C34H52N4O8. The van der Waals surface area contributed by atoms with E-state index >= 15 is 0 Å². The van der Waals surface area contributed by atoms with Gasteiger partial charge in [0.2, 0.25) is 17.6 Å². The van der Waals surface area contributed by atoms with E-state index in [4.69, 9.17) is 9.47 Å². The number of nitrogens with zero attached hydrogens (tertiary/aromatic N) is 1. The molecule has 0 spiro atoms. The maximum absolute atomic E-state index is 13.6. The number of carbonyl (C=O) groups is 6. The molecule has 256 valence electrons. The molecular weight excluding hydrogens is 592 g/mol. The summed E-state index contributed by atoms with van der Waals surface area (Å²) >= 11 is 0. The molecule has 1 aromatic rings. The minimum atomic E-state index is -1.11. The molecule has 1 fully saturated rings. The van der Waals surface area contributed by atoms with Crippen LogP contribution in [0.3, 0.4) is 0 Å². The third-order valence-electron chi connectivity index (χ3n) is 7.44. The second kappa shape index (κ2) is 17.1. The Labute approximate surface area is 272 Å². The number of likely N-dealkylation sites (tertiary alicyclic amines) is 1. The van der Waals surface area contributed by atoms with Crippen LogP contribution < -0.4 is 16.0 Å². The van der Waals surface area contributed by atoms with Crippen molar-refractivity contribution >= 4 is 35.6 Å². The van der Waals surface area contributed by atoms with E-state index in [1.54, 1.807) is 48.5 Å². The number of ether oxygens (including phenoxy) is 2. The fourth-order valence-corrected chi connectivity index (χ4v) is 5.08. The van der Waals surface area contributed by atoms with Crippen LogP contribution in [0.2, 0.25) is 0 Å². The second-order valence-electron chi connectivity index (χ2n) is 13.9. The SMILES string of the molecule is CC(C)C[C@@H](NC(=O)C(=O)[C@@H]1CCCN1C(=O)[C@@H](NC(=O)OC(C)(C)C)C(C)C)C(=O)N[C@H](C(=O)OCc1ccccc1)C(C)C. The number of rotatable bonds is 14. The highest BCUT2D eigenvalue weighted by atomic mass is 16.6. The van der Waals surface area contributed by atoms with E-state index in [9.17, 15) is 28.8 Å². The van der Waals surface area contributed by atoms with Crippen LogP contribution in [0.25, 0.3) is 0 Å². The Balaban J connectivity index is 2.13. The normalized spacial score (nSPS) is 16.9. The van der Waals surface area contributed by atoms with Crippen LogP contribution in [0.5, 0.6) is 0 Å². The number of nitrogens with one attached hydrogen (secondary N) is 3. The predicted octanol–water partition coefficient (Wildman–Crippen LogP) is 3.51. The van der Waals surface area contributed by atoms with Crippen molar-refractivity contribution in [3.05, 3.63) is 35.9 Å². The van der Waals surface area contributed by atoms with E-state index in [1.807, 2.05) is 44.2 Å². The number of ketones is 1. The largest absolute Gasteiger partial charge is 0.459 e. The molecule has 0 bridgehead atoms. The van der Waals surface area contributed by atoms with Gasteiger partial charge >= 0.3 is 12.1 Å². The summed E-state index contributed by atoms with van der Waals surface area (Å²) in [5.41, 5.74) is 0.0305. The third-order valence-corrected chi connectivity index (χ3v) is 7.44. The molecule has 12 nitrogen and oxygen atoms in total. The minimum Gasteiger partial charge on any atom is -0.459 e. The van der Waals surface area contributed by atoms with Gasteiger partial charge in [0.1, 0.15) is 36.4 Å². The van der Waals surface area contributed by atoms with E-state index in [-0.39, 0.29) is 43.7 Å². The average Bonchev–Trinajstić information content (AvgIpc) is 3.45. The van der Waals surface area contributed by atoms with Crippen molar-refractivity contribution in [2.75, 3.05) is 6.54 Å². The molecule has 12 heteroatoms. The Morgan fingerprint density at radius 3 is 2.02 bits per heavy atom. The van der Waals surface area contributed by atoms with Gasteiger partial charge in [0.05, 0.1) is 0 Å². The van der Waals surface area contributed by atoms with Crippen molar-refractivity contribution in [3.63, 3.8) is 0 Å². The summed E-state index contributed by atoms with van der Waals surface area (Å²) in [6, 6.07) is 5.04. The first-order chi connectivity index (χ1) is 21.4. The van der Waals surface area contributed by atoms with Gasteiger partial charge in [0.15, 0.2) is 0 Å². The summed E-state index contributed by atoms with van der Waals surface area (Å²) in [7, 11) is 0. The first-order valence-corrected chi connectivity index (χ1v) is 16.1. The van der Waals surface area contributed by atoms with E-state index in [0.717, 1.165) is 5.56 Å². The highest BCUT2D eigenvalue weighted by molar-refractivity contribution is 6.38. The summed E-state index contributed by atoms with van der Waals surface area (Å²) in [5, 5.41) is 7.87. The molecule has 1 saturated heterocycles. The van der Waals surface area contributed by atoms with Crippen LogP contribution >= 0.6 is 0 Å². The fourth-order valence-electron chi connectivity index (χ4n) is 5.08. The first-order valence-electron chi connectivity index (χ1n) is 16.1. The standard InChI is InChI=1S/C34H52N4O8/c1-20(2)18-24(29(40)36-27(22(5)6)32(43)45-19-23-14-11-10-12-15-23)35-30(41)28(39)25-16-13-17-38(25)31(42)26(21(3)4)37-33(44)46-34(7,8)9/h10-12,14-15,20-22,24-27H,13,16-19H2,1-9H3,(H,35,41)(H,36,40)(H,37,44)/t24-,25+,26+,27+/m1/s1. The van der Waals surface area contributed by atoms with Gasteiger partial charge in [-0.1, -0.05) is 71.9 Å². The van der Waals surface area contributed by atoms with Crippen molar-refractivity contribution < 1.29 is 38.2 Å². The molecule has 0 aromatic heterocycles. The van der Waals surface area contributed by atoms with E-state index in [2.05, 4.69) is 16.0 Å². The van der Waals surface area contributed by atoms with Gasteiger partial charge in [-0.15, -0.1) is 0 Å². The van der Waals surface area contributed by atoms with Gasteiger partial charge in [0, 0.05) is 6.54 Å². The highest BCUT2D eigenvalue weighted by Crippen LogP contribution is 2.22. The monoisotopic (exact) mass is 644 g/mol. The Morgan fingerprint density at radius 2 is 1.48 bits per heavy atom. The first kappa shape index (κ1) is 38.2. The van der Waals surface area contributed by atoms with Crippen LogP contribution in [0.15, 0.2) is 30.3 Å². The quantitative estimate of drug-likeness (QED) is 0.205. The molecule has 2 rings (SSSR count). The predicted molar refractivity (Wildman–Crippen MR) is 172 cm³/mol. The van der Waals surface area contributed by atoms with E-state index < -0.39 is 65.3 Å². The molecule has 1 heterocycles. The number of Topliss-reactive ketones (excluding diaryl/α,β-unsaturated/α-hetero) is 1. The molecule has 1 aliphatic heterocycles. The van der Waals surface area contributed by atoms with Gasteiger partial charge in [-0.3, -0.25) is 19.2 Å². The number of esters is 1. The third kappa shape index (κ3) is 11.8. The Hall–Kier alpha value is -3.96. The lowest BCUT2D eigenvalue weighted by molar-refractivity contribution is -0.151. The van der Waals surface area contributed by atoms with Crippen molar-refractivity contribution in [1.29, 1.82) is 0 Å². The van der Waals surface area contributed by atoms with Crippen LogP contribution in [-0.4, -0.2) is 76.8 Å². The van der Waals surface area contributed by atoms with Crippen LogP contribution in [0, 0.1) is 17.8 Å². The molecule has 4 amide bonds. The molecule has 0 unspecified atom stereocenters. The van der Waals surface area contributed by atoms with Crippen molar-refractivity contribution in [3.8, 4) is 0 Å². The topological polar surface area (TPSA) is 160 Å². The molecule has 0 saturated carbocycles. The number of amides is 4. The second-order valence-corrected chi connectivity index (χ2v) is 13.9. The van der Waals surface area contributed by atoms with Gasteiger partial charge < -0.3 is 30.3 Å².